The summed E-state index contributed by atoms with van der Waals surface area (Å²) in [5, 5.41) is 4.04. The van der Waals surface area contributed by atoms with Gasteiger partial charge in [-0.2, -0.15) is 0 Å². The minimum atomic E-state index is -0.0237. The summed E-state index contributed by atoms with van der Waals surface area (Å²) in [5.74, 6) is 1.15. The Morgan fingerprint density at radius 2 is 1.96 bits per heavy atom. The van der Waals surface area contributed by atoms with Crippen LogP contribution >= 0.6 is 11.8 Å². The molecule has 3 aromatic rings. The predicted molar refractivity (Wildman–Crippen MR) is 95.3 cm³/mol. The number of aromatic amines is 1. The van der Waals surface area contributed by atoms with Crippen LogP contribution in [0.3, 0.4) is 0 Å². The highest BCUT2D eigenvalue weighted by molar-refractivity contribution is 8.00. The first-order chi connectivity index (χ1) is 11.3. The highest BCUT2D eigenvalue weighted by Crippen LogP contribution is 2.27. The van der Waals surface area contributed by atoms with Gasteiger partial charge in [0.1, 0.15) is 5.75 Å². The fraction of sp³-hybridized carbons (Fsp3) is 0.167. The van der Waals surface area contributed by atoms with Crippen molar-refractivity contribution < 1.29 is 9.53 Å². The monoisotopic (exact) mass is 326 g/mol. The van der Waals surface area contributed by atoms with E-state index in [1.165, 1.54) is 11.8 Å². The van der Waals surface area contributed by atoms with Crippen molar-refractivity contribution in [2.75, 3.05) is 17.7 Å². The van der Waals surface area contributed by atoms with E-state index >= 15 is 0 Å². The number of aromatic nitrogens is 1. The van der Waals surface area contributed by atoms with Gasteiger partial charge < -0.3 is 15.0 Å². The lowest BCUT2D eigenvalue weighted by Crippen LogP contribution is -2.13. The van der Waals surface area contributed by atoms with Crippen LogP contribution in [0.15, 0.2) is 59.6 Å². The van der Waals surface area contributed by atoms with Crippen molar-refractivity contribution in [1.82, 2.24) is 4.98 Å². The van der Waals surface area contributed by atoms with Gasteiger partial charge in [-0.3, -0.25) is 4.79 Å². The van der Waals surface area contributed by atoms with Gasteiger partial charge in [0, 0.05) is 27.7 Å². The molecule has 5 heteroatoms. The topological polar surface area (TPSA) is 54.1 Å². The number of fused-ring (bicyclic) bond motifs is 1. The van der Waals surface area contributed by atoms with Gasteiger partial charge in [-0.25, -0.2) is 0 Å². The molecule has 118 valence electrons. The molecular weight excluding hydrogens is 308 g/mol. The molecule has 0 bridgehead atoms. The largest absolute Gasteiger partial charge is 0.494 e. The van der Waals surface area contributed by atoms with E-state index in [1.54, 1.807) is 0 Å². The molecule has 0 spiro atoms. The van der Waals surface area contributed by atoms with E-state index < -0.39 is 0 Å². The molecule has 0 aliphatic heterocycles. The number of hydrogen-bond acceptors (Lipinski definition) is 3. The Kier molecular flexibility index (Phi) is 4.88. The third-order valence-corrected chi connectivity index (χ3v) is 4.41. The smallest absolute Gasteiger partial charge is 0.234 e. The zero-order valence-corrected chi connectivity index (χ0v) is 13.7. The summed E-state index contributed by atoms with van der Waals surface area (Å²) in [6.07, 6.45) is 1.94. The SMILES string of the molecule is CCOc1ccc(NC(=O)CSc2c[nH]c3ccccc23)cc1. The predicted octanol–water partition coefficient (Wildman–Crippen LogP) is 4.30. The van der Waals surface area contributed by atoms with Crippen molar-refractivity contribution in [2.24, 2.45) is 0 Å². The number of hydrogen-bond donors (Lipinski definition) is 2. The molecule has 0 fully saturated rings. The van der Waals surface area contributed by atoms with Gasteiger partial charge >= 0.3 is 0 Å². The first-order valence-corrected chi connectivity index (χ1v) is 8.46. The van der Waals surface area contributed by atoms with Crippen molar-refractivity contribution in [1.29, 1.82) is 0 Å². The summed E-state index contributed by atoms with van der Waals surface area (Å²) >= 11 is 1.53. The van der Waals surface area contributed by atoms with Crippen LogP contribution in [0.5, 0.6) is 5.75 Å². The van der Waals surface area contributed by atoms with Crippen LogP contribution in [-0.2, 0) is 4.79 Å². The van der Waals surface area contributed by atoms with E-state index in [4.69, 9.17) is 4.74 Å². The summed E-state index contributed by atoms with van der Waals surface area (Å²) in [6, 6.07) is 15.5. The Morgan fingerprint density at radius 1 is 1.17 bits per heavy atom. The van der Waals surface area contributed by atoms with E-state index in [9.17, 15) is 4.79 Å². The van der Waals surface area contributed by atoms with E-state index in [2.05, 4.69) is 16.4 Å². The van der Waals surface area contributed by atoms with Crippen molar-refractivity contribution in [3.05, 3.63) is 54.7 Å². The standard InChI is InChI=1S/C18H18N2O2S/c1-2-22-14-9-7-13(8-10-14)20-18(21)12-23-17-11-19-16-6-4-3-5-15(16)17/h3-11,19H,2,12H2,1H3,(H,20,21). The van der Waals surface area contributed by atoms with Crippen LogP contribution in [0.2, 0.25) is 0 Å². The Hall–Kier alpha value is -2.40. The van der Waals surface area contributed by atoms with Crippen LogP contribution in [-0.4, -0.2) is 23.3 Å². The number of H-pyrrole nitrogens is 1. The summed E-state index contributed by atoms with van der Waals surface area (Å²) in [5.41, 5.74) is 1.86. The molecule has 0 unspecified atom stereocenters. The third kappa shape index (κ3) is 3.87. The maximum Gasteiger partial charge on any atom is 0.234 e. The number of nitrogens with one attached hydrogen (secondary N) is 2. The van der Waals surface area contributed by atoms with Gasteiger partial charge in [-0.05, 0) is 37.3 Å². The number of anilines is 1. The maximum absolute atomic E-state index is 12.1. The second kappa shape index (κ2) is 7.24. The highest BCUT2D eigenvalue weighted by Gasteiger charge is 2.07. The normalized spacial score (nSPS) is 10.7. The van der Waals surface area contributed by atoms with Crippen LogP contribution < -0.4 is 10.1 Å². The van der Waals surface area contributed by atoms with Crippen LogP contribution in [0.4, 0.5) is 5.69 Å². The summed E-state index contributed by atoms with van der Waals surface area (Å²) in [4.78, 5) is 16.4. The van der Waals surface area contributed by atoms with Gasteiger partial charge in [0.25, 0.3) is 0 Å². The molecule has 4 nitrogen and oxygen atoms in total. The van der Waals surface area contributed by atoms with Crippen LogP contribution in [0, 0.1) is 0 Å². The van der Waals surface area contributed by atoms with Crippen LogP contribution in [0.1, 0.15) is 6.92 Å². The Labute approximate surface area is 139 Å². The molecule has 0 saturated carbocycles. The molecule has 2 aromatic carbocycles. The van der Waals surface area contributed by atoms with Gasteiger partial charge in [-0.15, -0.1) is 11.8 Å². The zero-order chi connectivity index (χ0) is 16.1. The lowest BCUT2D eigenvalue weighted by Gasteiger charge is -2.07. The molecule has 0 aliphatic rings. The Balaban J connectivity index is 1.57. The number of carbonyl (C=O) groups is 1. The van der Waals surface area contributed by atoms with Crippen molar-refractivity contribution in [3.63, 3.8) is 0 Å². The van der Waals surface area contributed by atoms with Crippen molar-refractivity contribution in [2.45, 2.75) is 11.8 Å². The second-order valence-corrected chi connectivity index (χ2v) is 6.01. The average molecular weight is 326 g/mol. The number of carbonyl (C=O) groups excluding carboxylic acids is 1. The number of para-hydroxylation sites is 1. The minimum Gasteiger partial charge on any atom is -0.494 e. The molecule has 1 heterocycles. The summed E-state index contributed by atoms with van der Waals surface area (Å²) in [7, 11) is 0. The molecule has 0 radical (unpaired) electrons. The molecule has 2 N–H and O–H groups in total. The molecule has 0 atom stereocenters. The summed E-state index contributed by atoms with van der Waals surface area (Å²) < 4.78 is 5.38. The first kappa shape index (κ1) is 15.5. The van der Waals surface area contributed by atoms with Gasteiger partial charge in [0.2, 0.25) is 5.91 Å². The van der Waals surface area contributed by atoms with E-state index in [0.717, 1.165) is 27.2 Å². The molecule has 1 amide bonds. The fourth-order valence-electron chi connectivity index (χ4n) is 2.31. The quantitative estimate of drug-likeness (QED) is 0.664. The van der Waals surface area contributed by atoms with Gasteiger partial charge in [-0.1, -0.05) is 18.2 Å². The highest BCUT2D eigenvalue weighted by atomic mass is 32.2. The van der Waals surface area contributed by atoms with Crippen molar-refractivity contribution >= 4 is 34.3 Å². The van der Waals surface area contributed by atoms with E-state index in [-0.39, 0.29) is 5.91 Å². The van der Waals surface area contributed by atoms with E-state index in [1.807, 2.05) is 55.6 Å². The Morgan fingerprint density at radius 3 is 2.74 bits per heavy atom. The van der Waals surface area contributed by atoms with Gasteiger partial charge in [0.05, 0.1) is 12.4 Å². The van der Waals surface area contributed by atoms with Gasteiger partial charge in [0.15, 0.2) is 0 Å². The summed E-state index contributed by atoms with van der Waals surface area (Å²) in [6.45, 7) is 2.57. The number of thioether (sulfide) groups is 1. The lowest BCUT2D eigenvalue weighted by atomic mass is 10.2. The van der Waals surface area contributed by atoms with Crippen molar-refractivity contribution in [3.8, 4) is 5.75 Å². The fourth-order valence-corrected chi connectivity index (χ4v) is 3.14. The number of rotatable bonds is 6. The molecule has 23 heavy (non-hydrogen) atoms. The van der Waals surface area contributed by atoms with Crippen LogP contribution in [0.25, 0.3) is 10.9 Å². The maximum atomic E-state index is 12.1. The Bertz CT molecular complexity index is 796. The number of amides is 1. The molecule has 3 rings (SSSR count). The minimum absolute atomic E-state index is 0.0237. The molecule has 0 saturated heterocycles. The third-order valence-electron chi connectivity index (χ3n) is 3.36. The molecule has 1 aromatic heterocycles. The number of benzene rings is 2. The zero-order valence-electron chi connectivity index (χ0n) is 12.8. The number of ether oxygens (including phenoxy) is 1. The second-order valence-electron chi connectivity index (χ2n) is 4.99. The lowest BCUT2D eigenvalue weighted by molar-refractivity contribution is -0.113. The first-order valence-electron chi connectivity index (χ1n) is 7.48. The van der Waals surface area contributed by atoms with E-state index in [0.29, 0.717) is 12.4 Å². The molecular formula is C18H18N2O2S. The average Bonchev–Trinajstić information content (AvgIpc) is 2.98. The molecule has 0 aliphatic carbocycles.